The van der Waals surface area contributed by atoms with Gasteiger partial charge >= 0.3 is 5.97 Å². The maximum absolute atomic E-state index is 12.7. The minimum Gasteiger partial charge on any atom is -0.493 e. The lowest BCUT2D eigenvalue weighted by molar-refractivity contribution is 0.0601. The average molecular weight is 358 g/mol. The SMILES string of the molecule is COC(=O)c1cc(OC)c(OC)cc1NC(=O)c1cccc(N(C)C)c1. The van der Waals surface area contributed by atoms with Gasteiger partial charge in [0.25, 0.3) is 5.91 Å². The Labute approximate surface area is 152 Å². The molecule has 0 saturated heterocycles. The zero-order valence-corrected chi connectivity index (χ0v) is 15.5. The molecular weight excluding hydrogens is 336 g/mol. The summed E-state index contributed by atoms with van der Waals surface area (Å²) >= 11 is 0. The van der Waals surface area contributed by atoms with Gasteiger partial charge in [-0.3, -0.25) is 4.79 Å². The van der Waals surface area contributed by atoms with E-state index in [1.807, 2.05) is 25.1 Å². The van der Waals surface area contributed by atoms with E-state index in [4.69, 9.17) is 14.2 Å². The van der Waals surface area contributed by atoms with Gasteiger partial charge < -0.3 is 24.4 Å². The van der Waals surface area contributed by atoms with E-state index in [1.54, 1.807) is 18.2 Å². The molecule has 2 rings (SSSR count). The van der Waals surface area contributed by atoms with Crippen molar-refractivity contribution in [2.75, 3.05) is 45.6 Å². The summed E-state index contributed by atoms with van der Waals surface area (Å²) in [5.74, 6) is -0.202. The molecule has 0 heterocycles. The van der Waals surface area contributed by atoms with E-state index in [2.05, 4.69) is 5.32 Å². The summed E-state index contributed by atoms with van der Waals surface area (Å²) in [6.45, 7) is 0. The Morgan fingerprint density at radius 3 is 2.19 bits per heavy atom. The van der Waals surface area contributed by atoms with Gasteiger partial charge in [-0.1, -0.05) is 6.07 Å². The standard InChI is InChI=1S/C19H22N2O5/c1-21(2)13-8-6-7-12(9-13)18(22)20-15-11-17(25-4)16(24-3)10-14(15)19(23)26-5/h6-11H,1-5H3,(H,20,22). The van der Waals surface area contributed by atoms with Crippen molar-refractivity contribution in [1.82, 2.24) is 0 Å². The Morgan fingerprint density at radius 1 is 0.962 bits per heavy atom. The highest BCUT2D eigenvalue weighted by Gasteiger charge is 2.19. The van der Waals surface area contributed by atoms with Crippen LogP contribution in [0.2, 0.25) is 0 Å². The van der Waals surface area contributed by atoms with Crippen molar-refractivity contribution in [3.05, 3.63) is 47.5 Å². The molecule has 138 valence electrons. The number of nitrogens with one attached hydrogen (secondary N) is 1. The molecule has 0 unspecified atom stereocenters. The molecule has 26 heavy (non-hydrogen) atoms. The van der Waals surface area contributed by atoms with Crippen molar-refractivity contribution in [1.29, 1.82) is 0 Å². The number of rotatable bonds is 6. The van der Waals surface area contributed by atoms with Crippen LogP contribution in [0.1, 0.15) is 20.7 Å². The topological polar surface area (TPSA) is 77.1 Å². The van der Waals surface area contributed by atoms with E-state index in [-0.39, 0.29) is 17.2 Å². The molecule has 0 atom stereocenters. The first-order valence-electron chi connectivity index (χ1n) is 7.84. The van der Waals surface area contributed by atoms with Crippen molar-refractivity contribution < 1.29 is 23.8 Å². The number of hydrogen-bond acceptors (Lipinski definition) is 6. The normalized spacial score (nSPS) is 10.0. The molecule has 2 aromatic rings. The highest BCUT2D eigenvalue weighted by atomic mass is 16.5. The Bertz CT molecular complexity index is 818. The molecule has 2 aromatic carbocycles. The number of carbonyl (C=O) groups is 2. The van der Waals surface area contributed by atoms with Gasteiger partial charge in [0.15, 0.2) is 11.5 Å². The number of anilines is 2. The molecule has 0 aliphatic rings. The van der Waals surface area contributed by atoms with Gasteiger partial charge in [0.2, 0.25) is 0 Å². The van der Waals surface area contributed by atoms with E-state index in [0.29, 0.717) is 17.1 Å². The van der Waals surface area contributed by atoms with Crippen LogP contribution in [0.3, 0.4) is 0 Å². The van der Waals surface area contributed by atoms with Gasteiger partial charge in [-0.25, -0.2) is 4.79 Å². The lowest BCUT2D eigenvalue weighted by atomic mass is 10.1. The molecule has 1 N–H and O–H groups in total. The quantitative estimate of drug-likeness (QED) is 0.800. The molecule has 0 aliphatic carbocycles. The monoisotopic (exact) mass is 358 g/mol. The maximum atomic E-state index is 12.7. The van der Waals surface area contributed by atoms with Crippen molar-refractivity contribution in [3.8, 4) is 11.5 Å². The second-order valence-corrected chi connectivity index (χ2v) is 5.64. The van der Waals surface area contributed by atoms with Crippen molar-refractivity contribution >= 4 is 23.3 Å². The van der Waals surface area contributed by atoms with Gasteiger partial charge in [0, 0.05) is 37.5 Å². The summed E-state index contributed by atoms with van der Waals surface area (Å²) in [4.78, 5) is 26.6. The second-order valence-electron chi connectivity index (χ2n) is 5.64. The van der Waals surface area contributed by atoms with Crippen molar-refractivity contribution in [2.24, 2.45) is 0 Å². The van der Waals surface area contributed by atoms with E-state index in [9.17, 15) is 9.59 Å². The molecule has 0 aromatic heterocycles. The summed E-state index contributed by atoms with van der Waals surface area (Å²) < 4.78 is 15.2. The number of methoxy groups -OCH3 is 3. The van der Waals surface area contributed by atoms with Crippen LogP contribution in [0.15, 0.2) is 36.4 Å². The third-order valence-electron chi connectivity index (χ3n) is 3.80. The molecule has 0 spiro atoms. The molecule has 0 fully saturated rings. The number of esters is 1. The van der Waals surface area contributed by atoms with Crippen LogP contribution < -0.4 is 19.7 Å². The molecular formula is C19H22N2O5. The molecule has 0 radical (unpaired) electrons. The number of nitrogens with zero attached hydrogens (tertiary/aromatic N) is 1. The molecule has 0 bridgehead atoms. The summed E-state index contributed by atoms with van der Waals surface area (Å²) in [5, 5.41) is 2.74. The molecule has 1 amide bonds. The second kappa shape index (κ2) is 8.24. The number of amides is 1. The van der Waals surface area contributed by atoms with Gasteiger partial charge in [0.05, 0.1) is 32.6 Å². The maximum Gasteiger partial charge on any atom is 0.340 e. The zero-order valence-electron chi connectivity index (χ0n) is 15.5. The highest BCUT2D eigenvalue weighted by Crippen LogP contribution is 2.34. The van der Waals surface area contributed by atoms with Crippen LogP contribution in [0.4, 0.5) is 11.4 Å². The summed E-state index contributed by atoms with van der Waals surface area (Å²) in [5.41, 5.74) is 1.79. The number of benzene rings is 2. The zero-order chi connectivity index (χ0) is 19.3. The number of carbonyl (C=O) groups excluding carboxylic acids is 2. The van der Waals surface area contributed by atoms with Crippen LogP contribution in [0.25, 0.3) is 0 Å². The predicted molar refractivity (Wildman–Crippen MR) is 99.6 cm³/mol. The summed E-state index contributed by atoms with van der Waals surface area (Å²) in [6.07, 6.45) is 0. The summed E-state index contributed by atoms with van der Waals surface area (Å²) in [6, 6.07) is 10.1. The molecule has 7 nitrogen and oxygen atoms in total. The van der Waals surface area contributed by atoms with Gasteiger partial charge in [-0.2, -0.15) is 0 Å². The Morgan fingerprint density at radius 2 is 1.62 bits per heavy atom. The number of hydrogen-bond donors (Lipinski definition) is 1. The minimum absolute atomic E-state index is 0.169. The first kappa shape index (κ1) is 19.1. The first-order chi connectivity index (χ1) is 12.4. The molecule has 7 heteroatoms. The fraction of sp³-hybridized carbons (Fsp3) is 0.263. The fourth-order valence-electron chi connectivity index (χ4n) is 2.38. The van der Waals surface area contributed by atoms with Crippen LogP contribution in [0.5, 0.6) is 11.5 Å². The highest BCUT2D eigenvalue weighted by molar-refractivity contribution is 6.08. The lowest BCUT2D eigenvalue weighted by Crippen LogP contribution is -2.17. The van der Waals surface area contributed by atoms with E-state index in [1.165, 1.54) is 33.5 Å². The molecule has 0 aliphatic heterocycles. The van der Waals surface area contributed by atoms with Crippen molar-refractivity contribution in [2.45, 2.75) is 0 Å². The van der Waals surface area contributed by atoms with Crippen molar-refractivity contribution in [3.63, 3.8) is 0 Å². The third-order valence-corrected chi connectivity index (χ3v) is 3.80. The fourth-order valence-corrected chi connectivity index (χ4v) is 2.38. The number of ether oxygens (including phenoxy) is 3. The minimum atomic E-state index is -0.594. The van der Waals surface area contributed by atoms with Gasteiger partial charge in [-0.05, 0) is 18.2 Å². The summed E-state index contributed by atoms with van der Waals surface area (Å²) in [7, 11) is 7.98. The van der Waals surface area contributed by atoms with Crippen LogP contribution >= 0.6 is 0 Å². The molecule has 0 saturated carbocycles. The van der Waals surface area contributed by atoms with Crippen LogP contribution in [-0.4, -0.2) is 47.3 Å². The lowest BCUT2D eigenvalue weighted by Gasteiger charge is -2.16. The third kappa shape index (κ3) is 4.05. The van der Waals surface area contributed by atoms with Gasteiger partial charge in [-0.15, -0.1) is 0 Å². The largest absolute Gasteiger partial charge is 0.493 e. The van der Waals surface area contributed by atoms with Crippen LogP contribution in [-0.2, 0) is 4.74 Å². The average Bonchev–Trinajstić information content (AvgIpc) is 2.66. The van der Waals surface area contributed by atoms with E-state index in [0.717, 1.165) is 5.69 Å². The first-order valence-corrected chi connectivity index (χ1v) is 7.84. The Balaban J connectivity index is 2.42. The predicted octanol–water partition coefficient (Wildman–Crippen LogP) is 2.81. The van der Waals surface area contributed by atoms with Gasteiger partial charge in [0.1, 0.15) is 0 Å². The van der Waals surface area contributed by atoms with E-state index < -0.39 is 5.97 Å². The van der Waals surface area contributed by atoms with Crippen LogP contribution in [0, 0.1) is 0 Å². The smallest absolute Gasteiger partial charge is 0.340 e. The Hall–Kier alpha value is -3.22. The van der Waals surface area contributed by atoms with E-state index >= 15 is 0 Å². The Kier molecular flexibility index (Phi) is 6.06.